The summed E-state index contributed by atoms with van der Waals surface area (Å²) in [7, 11) is 1.76. The van der Waals surface area contributed by atoms with Gasteiger partial charge in [0, 0.05) is 13.2 Å². The lowest BCUT2D eigenvalue weighted by molar-refractivity contribution is -0.142. The van der Waals surface area contributed by atoms with Crippen molar-refractivity contribution in [2.75, 3.05) is 0 Å². The minimum absolute atomic E-state index is 0.102. The largest absolute Gasteiger partial charge is 0.436 e. The molecule has 0 saturated heterocycles. The van der Waals surface area contributed by atoms with Crippen molar-refractivity contribution in [3.8, 4) is 11.5 Å². The van der Waals surface area contributed by atoms with E-state index in [-0.39, 0.29) is 16.3 Å². The molecule has 3 aromatic heterocycles. The van der Waals surface area contributed by atoms with Crippen molar-refractivity contribution in [3.63, 3.8) is 0 Å². The molecule has 0 fully saturated rings. The summed E-state index contributed by atoms with van der Waals surface area (Å²) < 4.78 is 47.4. The van der Waals surface area contributed by atoms with Gasteiger partial charge in [0.05, 0.1) is 21.4 Å². The second kappa shape index (κ2) is 5.97. The Balaban J connectivity index is 1.98. The third-order valence-electron chi connectivity index (χ3n) is 3.75. The van der Waals surface area contributed by atoms with E-state index in [2.05, 4.69) is 36.3 Å². The van der Waals surface area contributed by atoms with E-state index in [0.29, 0.717) is 17.0 Å². The maximum absolute atomic E-state index is 13.0. The molecule has 0 radical (unpaired) electrons. The first-order chi connectivity index (χ1) is 11.6. The SMILES string of the molecule is Cc1nn(C)cc1-c1nnc(C(C)n2nc(C(F)(F)F)c(Br)c2C)o1. The highest BCUT2D eigenvalue weighted by Gasteiger charge is 2.39. The Morgan fingerprint density at radius 3 is 2.40 bits per heavy atom. The Hall–Kier alpha value is -2.17. The van der Waals surface area contributed by atoms with Gasteiger partial charge in [0.1, 0.15) is 6.04 Å². The van der Waals surface area contributed by atoms with Crippen molar-refractivity contribution in [2.45, 2.75) is 33.0 Å². The predicted molar refractivity (Wildman–Crippen MR) is 84.7 cm³/mol. The fourth-order valence-corrected chi connectivity index (χ4v) is 2.97. The number of hydrogen-bond acceptors (Lipinski definition) is 5. The number of aryl methyl sites for hydroxylation is 2. The highest BCUT2D eigenvalue weighted by Crippen LogP contribution is 2.37. The fourth-order valence-electron chi connectivity index (χ4n) is 2.48. The van der Waals surface area contributed by atoms with Crippen LogP contribution in [0.2, 0.25) is 0 Å². The van der Waals surface area contributed by atoms with Crippen LogP contribution < -0.4 is 0 Å². The molecule has 134 valence electrons. The number of nitrogens with zero attached hydrogens (tertiary/aromatic N) is 6. The van der Waals surface area contributed by atoms with E-state index in [1.165, 1.54) is 11.6 Å². The van der Waals surface area contributed by atoms with Crippen molar-refractivity contribution in [2.24, 2.45) is 7.05 Å². The van der Waals surface area contributed by atoms with Crippen molar-refractivity contribution in [1.29, 1.82) is 0 Å². The molecule has 7 nitrogen and oxygen atoms in total. The van der Waals surface area contributed by atoms with Crippen LogP contribution in [0, 0.1) is 13.8 Å². The summed E-state index contributed by atoms with van der Waals surface area (Å²) >= 11 is 2.95. The van der Waals surface area contributed by atoms with Crippen LogP contribution in [0.25, 0.3) is 11.5 Å². The molecule has 1 atom stereocenters. The van der Waals surface area contributed by atoms with Crippen LogP contribution in [0.5, 0.6) is 0 Å². The molecule has 3 rings (SSSR count). The molecule has 0 spiro atoms. The first-order valence-corrected chi connectivity index (χ1v) is 8.04. The third kappa shape index (κ3) is 3.08. The maximum atomic E-state index is 13.0. The Labute approximate surface area is 149 Å². The summed E-state index contributed by atoms with van der Waals surface area (Å²) in [6.07, 6.45) is -2.82. The quantitative estimate of drug-likeness (QED) is 0.648. The molecule has 0 bridgehead atoms. The summed E-state index contributed by atoms with van der Waals surface area (Å²) in [6.45, 7) is 4.97. The van der Waals surface area contributed by atoms with Crippen molar-refractivity contribution in [1.82, 2.24) is 29.8 Å². The molecule has 0 N–H and O–H groups in total. The number of halogens is 4. The summed E-state index contributed by atoms with van der Waals surface area (Å²) in [5.41, 5.74) is 0.711. The first-order valence-electron chi connectivity index (χ1n) is 7.25. The molecule has 0 aliphatic heterocycles. The molecule has 0 amide bonds. The average Bonchev–Trinajstić information content (AvgIpc) is 3.18. The zero-order valence-electron chi connectivity index (χ0n) is 13.8. The van der Waals surface area contributed by atoms with Gasteiger partial charge in [0.2, 0.25) is 5.89 Å². The van der Waals surface area contributed by atoms with Gasteiger partial charge in [-0.25, -0.2) is 0 Å². The van der Waals surface area contributed by atoms with E-state index in [0.717, 1.165) is 0 Å². The van der Waals surface area contributed by atoms with Crippen LogP contribution in [0.3, 0.4) is 0 Å². The van der Waals surface area contributed by atoms with E-state index < -0.39 is 17.9 Å². The second-order valence-corrected chi connectivity index (χ2v) is 6.41. The smallest absolute Gasteiger partial charge is 0.418 e. The van der Waals surface area contributed by atoms with E-state index in [9.17, 15) is 13.2 Å². The monoisotopic (exact) mass is 418 g/mol. The number of rotatable bonds is 3. The van der Waals surface area contributed by atoms with Crippen molar-refractivity contribution in [3.05, 3.63) is 33.6 Å². The molecule has 25 heavy (non-hydrogen) atoms. The van der Waals surface area contributed by atoms with E-state index in [1.807, 2.05) is 0 Å². The summed E-state index contributed by atoms with van der Waals surface area (Å²) in [6, 6.07) is -0.661. The number of alkyl halides is 3. The molecule has 11 heteroatoms. The van der Waals surface area contributed by atoms with Crippen LogP contribution in [0.4, 0.5) is 13.2 Å². The van der Waals surface area contributed by atoms with Gasteiger partial charge in [-0.1, -0.05) is 0 Å². The molecule has 1 unspecified atom stereocenters. The lowest BCUT2D eigenvalue weighted by atomic mass is 10.3. The second-order valence-electron chi connectivity index (χ2n) is 5.61. The lowest BCUT2D eigenvalue weighted by Gasteiger charge is -2.09. The average molecular weight is 419 g/mol. The minimum atomic E-state index is -4.55. The Morgan fingerprint density at radius 1 is 1.20 bits per heavy atom. The standard InChI is InChI=1S/C14H14BrF3N6O/c1-6-9(5-23(4)21-6)13-20-19-12(25-13)8(3)24-7(2)10(15)11(22-24)14(16,17)18/h5,8H,1-4H3. The van der Waals surface area contributed by atoms with Gasteiger partial charge in [-0.15, -0.1) is 10.2 Å². The summed E-state index contributed by atoms with van der Waals surface area (Å²) in [4.78, 5) is 0. The molecule has 0 aromatic carbocycles. The molecule has 3 aromatic rings. The van der Waals surface area contributed by atoms with Crippen LogP contribution in [-0.2, 0) is 13.2 Å². The number of hydrogen-bond donors (Lipinski definition) is 0. The van der Waals surface area contributed by atoms with Crippen LogP contribution in [-0.4, -0.2) is 29.8 Å². The molecule has 0 saturated carbocycles. The van der Waals surface area contributed by atoms with Gasteiger partial charge in [0.25, 0.3) is 5.89 Å². The number of aromatic nitrogens is 6. The highest BCUT2D eigenvalue weighted by atomic mass is 79.9. The zero-order chi connectivity index (χ0) is 18.5. The molecular weight excluding hydrogens is 405 g/mol. The predicted octanol–water partition coefficient (Wildman–Crippen LogP) is 3.67. The normalized spacial score (nSPS) is 13.4. The summed E-state index contributed by atoms with van der Waals surface area (Å²) in [5.74, 6) is 0.414. The van der Waals surface area contributed by atoms with Gasteiger partial charge in [0.15, 0.2) is 5.69 Å². The Morgan fingerprint density at radius 2 is 1.88 bits per heavy atom. The topological polar surface area (TPSA) is 74.6 Å². The highest BCUT2D eigenvalue weighted by molar-refractivity contribution is 9.10. The Bertz CT molecular complexity index is 926. The van der Waals surface area contributed by atoms with Gasteiger partial charge in [-0.05, 0) is 36.7 Å². The molecular formula is C14H14BrF3N6O. The molecule has 0 aliphatic rings. The van der Waals surface area contributed by atoms with Crippen LogP contribution >= 0.6 is 15.9 Å². The zero-order valence-corrected chi connectivity index (χ0v) is 15.3. The summed E-state index contributed by atoms with van der Waals surface area (Å²) in [5, 5.41) is 15.8. The van der Waals surface area contributed by atoms with Crippen molar-refractivity contribution < 1.29 is 17.6 Å². The van der Waals surface area contributed by atoms with Gasteiger partial charge < -0.3 is 4.42 Å². The maximum Gasteiger partial charge on any atom is 0.436 e. The van der Waals surface area contributed by atoms with Crippen molar-refractivity contribution >= 4 is 15.9 Å². The fraction of sp³-hybridized carbons (Fsp3) is 0.429. The van der Waals surface area contributed by atoms with Gasteiger partial charge in [-0.2, -0.15) is 23.4 Å². The third-order valence-corrected chi connectivity index (χ3v) is 4.70. The van der Waals surface area contributed by atoms with E-state index >= 15 is 0 Å². The minimum Gasteiger partial charge on any atom is -0.418 e. The Kier molecular flexibility index (Phi) is 4.21. The molecule has 3 heterocycles. The van der Waals surface area contributed by atoms with Crippen LogP contribution in [0.1, 0.15) is 35.9 Å². The van der Waals surface area contributed by atoms with E-state index in [4.69, 9.17) is 4.42 Å². The molecule has 0 aliphatic carbocycles. The van der Waals surface area contributed by atoms with Gasteiger partial charge >= 0.3 is 6.18 Å². The lowest BCUT2D eigenvalue weighted by Crippen LogP contribution is -2.13. The van der Waals surface area contributed by atoms with E-state index in [1.54, 1.807) is 31.8 Å². The first kappa shape index (κ1) is 17.6. The van der Waals surface area contributed by atoms with Gasteiger partial charge in [-0.3, -0.25) is 9.36 Å². The van der Waals surface area contributed by atoms with Crippen LogP contribution in [0.15, 0.2) is 15.1 Å².